The Labute approximate surface area is 64.6 Å². The van der Waals surface area contributed by atoms with Crippen molar-refractivity contribution in [3.63, 3.8) is 0 Å². The smallest absolute Gasteiger partial charge is 0.0348 e. The molecule has 0 aliphatic rings. The Hall–Kier alpha value is -0.520. The van der Waals surface area contributed by atoms with Gasteiger partial charge < -0.3 is 0 Å². The summed E-state index contributed by atoms with van der Waals surface area (Å²) in [4.78, 5) is 0. The summed E-state index contributed by atoms with van der Waals surface area (Å²) in [6.07, 6.45) is 13.3. The number of rotatable bonds is 6. The molecule has 0 aromatic rings. The highest BCUT2D eigenvalue weighted by molar-refractivity contribution is 4.96. The van der Waals surface area contributed by atoms with E-state index in [0.29, 0.717) is 0 Å². The van der Waals surface area contributed by atoms with E-state index in [1.807, 2.05) is 12.2 Å². The number of allylic oxidation sites excluding steroid dienone is 3. The van der Waals surface area contributed by atoms with Crippen molar-refractivity contribution in [1.82, 2.24) is 0 Å². The minimum absolute atomic E-state index is 1.19. The molecular weight excluding hydrogens is 120 g/mol. The number of unbranched alkanes of at least 4 members (excludes halogenated alkanes) is 4. The zero-order chi connectivity index (χ0) is 7.66. The Morgan fingerprint density at radius 3 is 2.50 bits per heavy atom. The van der Waals surface area contributed by atoms with Crippen molar-refractivity contribution in [3.05, 3.63) is 31.2 Å². The third kappa shape index (κ3) is 7.48. The van der Waals surface area contributed by atoms with Crippen molar-refractivity contribution < 1.29 is 0 Å². The van der Waals surface area contributed by atoms with Crippen LogP contribution in [-0.2, 0) is 0 Å². The van der Waals surface area contributed by atoms with Crippen LogP contribution in [0.25, 0.3) is 0 Å². The number of hydrogen-bond acceptors (Lipinski definition) is 0. The summed E-state index contributed by atoms with van der Waals surface area (Å²) in [7, 11) is 0. The maximum atomic E-state index is 3.60. The summed E-state index contributed by atoms with van der Waals surface area (Å²) >= 11 is 0. The SMILES string of the molecule is C=CC=CCCCC[CH]C. The van der Waals surface area contributed by atoms with E-state index in [1.54, 1.807) is 0 Å². The molecule has 0 saturated carbocycles. The molecule has 0 atom stereocenters. The fourth-order valence-electron chi connectivity index (χ4n) is 0.803. The minimum Gasteiger partial charge on any atom is -0.0991 e. The Kier molecular flexibility index (Phi) is 8.04. The quantitative estimate of drug-likeness (QED) is 0.388. The third-order valence-corrected chi connectivity index (χ3v) is 1.39. The molecule has 0 aliphatic heterocycles. The maximum absolute atomic E-state index is 3.60. The summed E-state index contributed by atoms with van der Waals surface area (Å²) in [6, 6.07) is 0. The van der Waals surface area contributed by atoms with E-state index in [-0.39, 0.29) is 0 Å². The summed E-state index contributed by atoms with van der Waals surface area (Å²) in [5.74, 6) is 0. The standard InChI is InChI=1S/C10H17/c1-3-5-7-9-10-8-6-4-2/h3-5,7H,1,6,8-10H2,2H3. The predicted octanol–water partition coefficient (Wildman–Crippen LogP) is 3.51. The van der Waals surface area contributed by atoms with Crippen LogP contribution in [0.5, 0.6) is 0 Å². The third-order valence-electron chi connectivity index (χ3n) is 1.39. The molecule has 0 N–H and O–H groups in total. The van der Waals surface area contributed by atoms with Crippen molar-refractivity contribution in [2.45, 2.75) is 32.6 Å². The lowest BCUT2D eigenvalue weighted by Gasteiger charge is -1.92. The lowest BCUT2D eigenvalue weighted by molar-refractivity contribution is 0.739. The van der Waals surface area contributed by atoms with Crippen LogP contribution < -0.4 is 0 Å². The Morgan fingerprint density at radius 2 is 1.90 bits per heavy atom. The molecule has 0 aromatic carbocycles. The first-order valence-corrected chi connectivity index (χ1v) is 3.97. The summed E-state index contributed by atoms with van der Waals surface area (Å²) < 4.78 is 0. The molecule has 0 heterocycles. The fraction of sp³-hybridized carbons (Fsp3) is 0.500. The molecule has 1 radical (unpaired) electrons. The first-order chi connectivity index (χ1) is 4.91. The second-order valence-electron chi connectivity index (χ2n) is 2.36. The Morgan fingerprint density at radius 1 is 1.20 bits per heavy atom. The predicted molar refractivity (Wildman–Crippen MR) is 47.8 cm³/mol. The first kappa shape index (κ1) is 9.48. The Bertz CT molecular complexity index is 90.2. The summed E-state index contributed by atoms with van der Waals surface area (Å²) in [6.45, 7) is 5.71. The van der Waals surface area contributed by atoms with Crippen molar-refractivity contribution in [3.8, 4) is 0 Å². The first-order valence-electron chi connectivity index (χ1n) is 3.97. The van der Waals surface area contributed by atoms with Crippen molar-refractivity contribution in [2.24, 2.45) is 0 Å². The van der Waals surface area contributed by atoms with Crippen LogP contribution in [0.1, 0.15) is 32.6 Å². The minimum atomic E-state index is 1.19. The van der Waals surface area contributed by atoms with E-state index in [2.05, 4.69) is 26.0 Å². The van der Waals surface area contributed by atoms with Gasteiger partial charge in [-0.05, 0) is 19.3 Å². The maximum Gasteiger partial charge on any atom is -0.0348 e. The van der Waals surface area contributed by atoms with Gasteiger partial charge in [0.2, 0.25) is 0 Å². The van der Waals surface area contributed by atoms with E-state index < -0.39 is 0 Å². The molecule has 0 heteroatoms. The molecule has 57 valence electrons. The van der Waals surface area contributed by atoms with E-state index >= 15 is 0 Å². The average molecular weight is 137 g/mol. The van der Waals surface area contributed by atoms with Crippen LogP contribution in [0.4, 0.5) is 0 Å². The van der Waals surface area contributed by atoms with Gasteiger partial charge in [0, 0.05) is 0 Å². The molecule has 0 unspecified atom stereocenters. The van der Waals surface area contributed by atoms with Gasteiger partial charge in [0.05, 0.1) is 0 Å². The summed E-state index contributed by atoms with van der Waals surface area (Å²) in [5, 5.41) is 0. The second-order valence-corrected chi connectivity index (χ2v) is 2.36. The van der Waals surface area contributed by atoms with E-state index in [0.717, 1.165) is 0 Å². The molecule has 0 nitrogen and oxygen atoms in total. The lowest BCUT2D eigenvalue weighted by atomic mass is 10.1. The molecular formula is C10H17. The average Bonchev–Trinajstić information content (AvgIpc) is 1.97. The highest BCUT2D eigenvalue weighted by atomic mass is 13.9. The van der Waals surface area contributed by atoms with Crippen LogP contribution in [0.2, 0.25) is 0 Å². The van der Waals surface area contributed by atoms with Gasteiger partial charge in [0.1, 0.15) is 0 Å². The van der Waals surface area contributed by atoms with Gasteiger partial charge in [-0.2, -0.15) is 0 Å². The van der Waals surface area contributed by atoms with Gasteiger partial charge in [-0.3, -0.25) is 0 Å². The summed E-state index contributed by atoms with van der Waals surface area (Å²) in [5.41, 5.74) is 0. The van der Waals surface area contributed by atoms with Gasteiger partial charge >= 0.3 is 0 Å². The largest absolute Gasteiger partial charge is 0.0991 e. The van der Waals surface area contributed by atoms with Crippen LogP contribution in [-0.4, -0.2) is 0 Å². The van der Waals surface area contributed by atoms with Crippen LogP contribution in [0.15, 0.2) is 24.8 Å². The van der Waals surface area contributed by atoms with Gasteiger partial charge in [0.15, 0.2) is 0 Å². The van der Waals surface area contributed by atoms with Gasteiger partial charge in [0.25, 0.3) is 0 Å². The topological polar surface area (TPSA) is 0 Å². The van der Waals surface area contributed by atoms with Crippen LogP contribution in [0, 0.1) is 6.42 Å². The fourth-order valence-corrected chi connectivity index (χ4v) is 0.803. The molecule has 0 aliphatic carbocycles. The van der Waals surface area contributed by atoms with Crippen molar-refractivity contribution in [2.75, 3.05) is 0 Å². The Balaban J connectivity index is 2.90. The monoisotopic (exact) mass is 137 g/mol. The van der Waals surface area contributed by atoms with Gasteiger partial charge in [-0.25, -0.2) is 0 Å². The molecule has 0 fully saturated rings. The molecule has 0 bridgehead atoms. The highest BCUT2D eigenvalue weighted by Crippen LogP contribution is 2.01. The highest BCUT2D eigenvalue weighted by Gasteiger charge is 1.82. The zero-order valence-electron chi connectivity index (χ0n) is 6.84. The van der Waals surface area contributed by atoms with Gasteiger partial charge in [-0.1, -0.05) is 44.6 Å². The van der Waals surface area contributed by atoms with Crippen LogP contribution in [0.3, 0.4) is 0 Å². The second kappa shape index (κ2) is 8.48. The molecule has 10 heavy (non-hydrogen) atoms. The molecule has 0 amide bonds. The molecule has 0 rings (SSSR count). The van der Waals surface area contributed by atoms with E-state index in [9.17, 15) is 0 Å². The van der Waals surface area contributed by atoms with Gasteiger partial charge in [-0.15, -0.1) is 0 Å². The van der Waals surface area contributed by atoms with Crippen molar-refractivity contribution >= 4 is 0 Å². The van der Waals surface area contributed by atoms with E-state index in [4.69, 9.17) is 0 Å². The molecule has 0 aromatic heterocycles. The molecule has 0 saturated heterocycles. The zero-order valence-corrected chi connectivity index (χ0v) is 6.84. The van der Waals surface area contributed by atoms with E-state index in [1.165, 1.54) is 25.7 Å². The molecule has 0 spiro atoms. The lowest BCUT2D eigenvalue weighted by Crippen LogP contribution is -1.73. The normalized spacial score (nSPS) is 10.5. The van der Waals surface area contributed by atoms with Crippen LogP contribution >= 0.6 is 0 Å². The van der Waals surface area contributed by atoms with Crippen molar-refractivity contribution in [1.29, 1.82) is 0 Å². The number of hydrogen-bond donors (Lipinski definition) is 0.